The Hall–Kier alpha value is -0.850. The van der Waals surface area contributed by atoms with Crippen molar-refractivity contribution in [1.82, 2.24) is 10.2 Å². The lowest BCUT2D eigenvalue weighted by atomic mass is 10.3. The zero-order chi connectivity index (χ0) is 11.6. The molecule has 0 radical (unpaired) electrons. The van der Waals surface area contributed by atoms with Crippen LogP contribution in [0, 0.1) is 0 Å². The van der Waals surface area contributed by atoms with Gasteiger partial charge in [-0.15, -0.1) is 0 Å². The quantitative estimate of drug-likeness (QED) is 0.179. The fraction of sp³-hybridized carbons (Fsp3) is 0.900. The van der Waals surface area contributed by atoms with Crippen molar-refractivity contribution in [1.29, 1.82) is 0 Å². The molecule has 94 valence electrons. The molecule has 1 saturated heterocycles. The highest BCUT2D eigenvalue weighted by atomic mass is 16.5. The standard InChI is InChI=1S/C10H22N4O2/c11-10(13-15)2-1-3-12-4-5-14-6-8-16-9-7-14/h12,15H,1-9H2,(H2,11,13). The average molecular weight is 230 g/mol. The van der Waals surface area contributed by atoms with Crippen LogP contribution in [0.2, 0.25) is 0 Å². The van der Waals surface area contributed by atoms with E-state index in [1.165, 1.54) is 0 Å². The molecule has 1 fully saturated rings. The van der Waals surface area contributed by atoms with Crippen LogP contribution < -0.4 is 11.1 Å². The Morgan fingerprint density at radius 2 is 2.12 bits per heavy atom. The number of ether oxygens (including phenoxy) is 1. The van der Waals surface area contributed by atoms with Crippen LogP contribution in [-0.2, 0) is 4.74 Å². The summed E-state index contributed by atoms with van der Waals surface area (Å²) in [6.07, 6.45) is 1.54. The Morgan fingerprint density at radius 1 is 1.38 bits per heavy atom. The van der Waals surface area contributed by atoms with Gasteiger partial charge in [-0.05, 0) is 13.0 Å². The number of nitrogens with two attached hydrogens (primary N) is 1. The number of oxime groups is 1. The highest BCUT2D eigenvalue weighted by molar-refractivity contribution is 5.79. The van der Waals surface area contributed by atoms with Crippen molar-refractivity contribution in [2.24, 2.45) is 10.9 Å². The molecule has 6 heteroatoms. The fourth-order valence-electron chi connectivity index (χ4n) is 1.63. The first kappa shape index (κ1) is 13.2. The maximum atomic E-state index is 8.33. The molecule has 1 rings (SSSR count). The van der Waals surface area contributed by atoms with Crippen LogP contribution in [-0.4, -0.2) is 61.9 Å². The SMILES string of the molecule is NC(CCCNCCN1CCOCC1)=NO. The van der Waals surface area contributed by atoms with E-state index in [0.717, 1.165) is 52.4 Å². The second kappa shape index (κ2) is 8.32. The summed E-state index contributed by atoms with van der Waals surface area (Å²) in [6.45, 7) is 6.72. The maximum Gasteiger partial charge on any atom is 0.139 e. The van der Waals surface area contributed by atoms with Gasteiger partial charge in [-0.2, -0.15) is 0 Å². The zero-order valence-electron chi connectivity index (χ0n) is 9.69. The Labute approximate surface area is 96.4 Å². The Bertz CT molecular complexity index is 205. The van der Waals surface area contributed by atoms with E-state index in [1.54, 1.807) is 0 Å². The molecule has 1 heterocycles. The molecule has 0 atom stereocenters. The van der Waals surface area contributed by atoms with Crippen molar-refractivity contribution >= 4 is 5.84 Å². The summed E-state index contributed by atoms with van der Waals surface area (Å²) < 4.78 is 5.27. The van der Waals surface area contributed by atoms with E-state index in [0.29, 0.717) is 12.3 Å². The zero-order valence-corrected chi connectivity index (χ0v) is 9.69. The molecule has 0 amide bonds. The third-order valence-electron chi connectivity index (χ3n) is 2.62. The first-order chi connectivity index (χ1) is 7.83. The summed E-state index contributed by atoms with van der Waals surface area (Å²) in [5.74, 6) is 0.301. The molecule has 4 N–H and O–H groups in total. The predicted molar refractivity (Wildman–Crippen MR) is 62.8 cm³/mol. The molecule has 0 spiro atoms. The summed E-state index contributed by atoms with van der Waals surface area (Å²) in [5.41, 5.74) is 5.35. The molecule has 0 aromatic heterocycles. The van der Waals surface area contributed by atoms with Crippen molar-refractivity contribution in [3.05, 3.63) is 0 Å². The fourth-order valence-corrected chi connectivity index (χ4v) is 1.63. The Morgan fingerprint density at radius 3 is 2.81 bits per heavy atom. The Balaban J connectivity index is 1.87. The van der Waals surface area contributed by atoms with Gasteiger partial charge in [0, 0.05) is 32.6 Å². The molecule has 0 bridgehead atoms. The van der Waals surface area contributed by atoms with Crippen LogP contribution in [0.25, 0.3) is 0 Å². The van der Waals surface area contributed by atoms with Crippen LogP contribution in [0.3, 0.4) is 0 Å². The number of nitrogens with zero attached hydrogens (tertiary/aromatic N) is 2. The average Bonchev–Trinajstić information content (AvgIpc) is 2.34. The summed E-state index contributed by atoms with van der Waals surface area (Å²) in [6, 6.07) is 0. The Kier molecular flexibility index (Phi) is 6.87. The molecule has 6 nitrogen and oxygen atoms in total. The van der Waals surface area contributed by atoms with Crippen molar-refractivity contribution in [3.63, 3.8) is 0 Å². The van der Waals surface area contributed by atoms with E-state index in [9.17, 15) is 0 Å². The molecule has 1 aliphatic rings. The van der Waals surface area contributed by atoms with Gasteiger partial charge >= 0.3 is 0 Å². The molecular weight excluding hydrogens is 208 g/mol. The van der Waals surface area contributed by atoms with Crippen LogP contribution in [0.15, 0.2) is 5.16 Å². The van der Waals surface area contributed by atoms with Crippen molar-refractivity contribution in [2.75, 3.05) is 45.9 Å². The molecule has 0 saturated carbocycles. The molecule has 0 aromatic rings. The molecule has 0 aromatic carbocycles. The van der Waals surface area contributed by atoms with Gasteiger partial charge < -0.3 is 21.0 Å². The highest BCUT2D eigenvalue weighted by Crippen LogP contribution is 1.94. The van der Waals surface area contributed by atoms with Crippen LogP contribution in [0.5, 0.6) is 0 Å². The molecular formula is C10H22N4O2. The monoisotopic (exact) mass is 230 g/mol. The topological polar surface area (TPSA) is 83.1 Å². The maximum absolute atomic E-state index is 8.33. The van der Waals surface area contributed by atoms with Gasteiger partial charge in [0.05, 0.1) is 13.2 Å². The van der Waals surface area contributed by atoms with Gasteiger partial charge in [-0.3, -0.25) is 4.90 Å². The van der Waals surface area contributed by atoms with E-state index in [4.69, 9.17) is 15.7 Å². The van der Waals surface area contributed by atoms with E-state index in [-0.39, 0.29) is 0 Å². The number of rotatable bonds is 7. The molecule has 0 aliphatic carbocycles. The van der Waals surface area contributed by atoms with E-state index >= 15 is 0 Å². The second-order valence-corrected chi connectivity index (χ2v) is 3.90. The third-order valence-corrected chi connectivity index (χ3v) is 2.62. The number of hydrogen-bond acceptors (Lipinski definition) is 5. The number of amidine groups is 1. The van der Waals surface area contributed by atoms with Gasteiger partial charge in [0.2, 0.25) is 0 Å². The minimum Gasteiger partial charge on any atom is -0.409 e. The first-order valence-electron chi connectivity index (χ1n) is 5.80. The van der Waals surface area contributed by atoms with Crippen LogP contribution in [0.4, 0.5) is 0 Å². The predicted octanol–water partition coefficient (Wildman–Crippen LogP) is -0.565. The minimum absolute atomic E-state index is 0.301. The largest absolute Gasteiger partial charge is 0.409 e. The number of nitrogens with one attached hydrogen (secondary N) is 1. The summed E-state index contributed by atoms with van der Waals surface area (Å²) in [5, 5.41) is 14.6. The summed E-state index contributed by atoms with van der Waals surface area (Å²) >= 11 is 0. The van der Waals surface area contributed by atoms with Gasteiger partial charge in [0.15, 0.2) is 0 Å². The minimum atomic E-state index is 0.301. The lowest BCUT2D eigenvalue weighted by Crippen LogP contribution is -2.40. The van der Waals surface area contributed by atoms with E-state index in [1.807, 2.05) is 0 Å². The van der Waals surface area contributed by atoms with Gasteiger partial charge in [-0.1, -0.05) is 5.16 Å². The van der Waals surface area contributed by atoms with E-state index in [2.05, 4.69) is 15.4 Å². The normalized spacial score (nSPS) is 18.9. The van der Waals surface area contributed by atoms with Gasteiger partial charge in [0.1, 0.15) is 5.84 Å². The smallest absolute Gasteiger partial charge is 0.139 e. The van der Waals surface area contributed by atoms with Crippen molar-refractivity contribution in [2.45, 2.75) is 12.8 Å². The van der Waals surface area contributed by atoms with Crippen LogP contribution in [0.1, 0.15) is 12.8 Å². The van der Waals surface area contributed by atoms with E-state index < -0.39 is 0 Å². The van der Waals surface area contributed by atoms with Crippen LogP contribution >= 0.6 is 0 Å². The lowest BCUT2D eigenvalue weighted by Gasteiger charge is -2.26. The van der Waals surface area contributed by atoms with Gasteiger partial charge in [-0.25, -0.2) is 0 Å². The molecule has 16 heavy (non-hydrogen) atoms. The third kappa shape index (κ3) is 5.89. The van der Waals surface area contributed by atoms with Crippen molar-refractivity contribution in [3.8, 4) is 0 Å². The summed E-state index contributed by atoms with van der Waals surface area (Å²) in [4.78, 5) is 2.39. The number of hydrogen-bond donors (Lipinski definition) is 3. The number of morpholine rings is 1. The molecule has 0 unspecified atom stereocenters. The summed E-state index contributed by atoms with van der Waals surface area (Å²) in [7, 11) is 0. The molecule has 1 aliphatic heterocycles. The van der Waals surface area contributed by atoms with Crippen molar-refractivity contribution < 1.29 is 9.94 Å². The second-order valence-electron chi connectivity index (χ2n) is 3.90. The highest BCUT2D eigenvalue weighted by Gasteiger charge is 2.08. The first-order valence-corrected chi connectivity index (χ1v) is 5.80. The lowest BCUT2D eigenvalue weighted by molar-refractivity contribution is 0.0384. The van der Waals surface area contributed by atoms with Gasteiger partial charge in [0.25, 0.3) is 0 Å².